The smallest absolute Gasteiger partial charge is 0.143 e. The summed E-state index contributed by atoms with van der Waals surface area (Å²) in [6, 6.07) is 98.4. The van der Waals surface area contributed by atoms with Crippen LogP contribution in [0.1, 0.15) is 22.3 Å². The molecule has 0 unspecified atom stereocenters. The molecule has 2 heterocycles. The first-order chi connectivity index (χ1) is 36.7. The molecule has 3 heteroatoms. The molecule has 0 fully saturated rings. The van der Waals surface area contributed by atoms with Crippen LogP contribution in [-0.2, 0) is 5.41 Å². The number of aromatic nitrogens is 1. The molecule has 2 aliphatic rings. The van der Waals surface area contributed by atoms with Crippen molar-refractivity contribution in [1.29, 1.82) is 0 Å². The highest BCUT2D eigenvalue weighted by Gasteiger charge is 2.51. The van der Waals surface area contributed by atoms with Crippen LogP contribution in [0, 0.1) is 0 Å². The van der Waals surface area contributed by atoms with E-state index in [0.717, 1.165) is 72.3 Å². The first-order valence-electron chi connectivity index (χ1n) is 25.6. The Morgan fingerprint density at radius 1 is 0.324 bits per heavy atom. The summed E-state index contributed by atoms with van der Waals surface area (Å²) < 4.78 is 9.04. The lowest BCUT2D eigenvalue weighted by molar-refractivity contribution is 0.672. The van der Waals surface area contributed by atoms with Gasteiger partial charge in [0.1, 0.15) is 11.2 Å². The monoisotopic (exact) mass is 940 g/mol. The van der Waals surface area contributed by atoms with E-state index in [0.29, 0.717) is 0 Å². The molecule has 0 atom stereocenters. The van der Waals surface area contributed by atoms with Gasteiger partial charge in [0, 0.05) is 49.6 Å². The minimum atomic E-state index is -0.483. The Balaban J connectivity index is 0.889. The van der Waals surface area contributed by atoms with Crippen LogP contribution in [0.4, 0.5) is 17.1 Å². The fourth-order valence-electron chi connectivity index (χ4n) is 13.1. The van der Waals surface area contributed by atoms with Gasteiger partial charge in [-0.05, 0) is 139 Å². The molecule has 0 saturated carbocycles. The maximum absolute atomic E-state index is 6.64. The highest BCUT2D eigenvalue weighted by Crippen LogP contribution is 2.63. The molecule has 16 rings (SSSR count). The van der Waals surface area contributed by atoms with Crippen LogP contribution in [0.25, 0.3) is 105 Å². The second-order valence-electron chi connectivity index (χ2n) is 19.9. The van der Waals surface area contributed by atoms with E-state index >= 15 is 0 Å². The fourth-order valence-corrected chi connectivity index (χ4v) is 13.1. The van der Waals surface area contributed by atoms with Crippen molar-refractivity contribution in [3.8, 4) is 50.2 Å². The third-order valence-electron chi connectivity index (χ3n) is 16.2. The third kappa shape index (κ3) is 5.72. The van der Waals surface area contributed by atoms with E-state index in [1.165, 1.54) is 71.7 Å². The molecule has 0 radical (unpaired) electrons. The zero-order valence-corrected chi connectivity index (χ0v) is 40.2. The van der Waals surface area contributed by atoms with E-state index in [-0.39, 0.29) is 0 Å². The van der Waals surface area contributed by atoms with Crippen LogP contribution < -0.4 is 4.90 Å². The molecule has 14 aromatic rings. The average molecular weight is 941 g/mol. The summed E-state index contributed by atoms with van der Waals surface area (Å²) in [6.45, 7) is 0. The Morgan fingerprint density at radius 2 is 0.892 bits per heavy atom. The summed E-state index contributed by atoms with van der Waals surface area (Å²) >= 11 is 0. The van der Waals surface area contributed by atoms with Crippen molar-refractivity contribution < 1.29 is 4.42 Å². The highest BCUT2D eigenvalue weighted by molar-refractivity contribution is 6.16. The number of rotatable bonds is 6. The van der Waals surface area contributed by atoms with Gasteiger partial charge in [-0.15, -0.1) is 0 Å². The van der Waals surface area contributed by atoms with Gasteiger partial charge in [0.2, 0.25) is 0 Å². The SMILES string of the molecule is c1cc(-c2ccc(N(c3ccc4c(c3)C3(c5ccccc5-c5ccccc53)c3ccccc3-4)c3ccccc3-c3ccc4oc5c6ccccc6ccc5c4c3)cc2)cc(-n2c3ccccc3c3ccccc32)c1. The highest BCUT2D eigenvalue weighted by atomic mass is 16.3. The number of fused-ring (bicyclic) bond motifs is 18. The van der Waals surface area contributed by atoms with Gasteiger partial charge < -0.3 is 13.9 Å². The van der Waals surface area contributed by atoms with Gasteiger partial charge in [0.05, 0.1) is 22.1 Å². The fraction of sp³-hybridized carbons (Fsp3) is 0.0141. The first kappa shape index (κ1) is 41.0. The number of para-hydroxylation sites is 3. The predicted molar refractivity (Wildman–Crippen MR) is 307 cm³/mol. The van der Waals surface area contributed by atoms with Crippen LogP contribution in [0.2, 0.25) is 0 Å². The van der Waals surface area contributed by atoms with Crippen molar-refractivity contribution in [3.05, 3.63) is 289 Å². The Hall–Kier alpha value is -9.70. The van der Waals surface area contributed by atoms with E-state index < -0.39 is 5.41 Å². The molecule has 0 bridgehead atoms. The number of furan rings is 1. The molecular weight excluding hydrogens is 897 g/mol. The van der Waals surface area contributed by atoms with Crippen molar-refractivity contribution in [2.75, 3.05) is 4.90 Å². The van der Waals surface area contributed by atoms with E-state index in [4.69, 9.17) is 4.42 Å². The van der Waals surface area contributed by atoms with Crippen LogP contribution in [0.3, 0.4) is 0 Å². The van der Waals surface area contributed by atoms with E-state index in [2.05, 4.69) is 276 Å². The standard InChI is InChI=1S/C71H44N2O/c1-2-20-53-46(16-1)34-39-60-61-43-48(35-41-69(61)74-70(53)60)52-19-6-12-29-66(52)72(49-36-32-45(33-37-49)47-17-15-18-50(42-47)73-67-30-13-7-24-58(67)59-25-8-14-31-68(59)73)51-38-40-57-56-23-5-11-28-64(56)71(65(57)44-51)62-26-9-3-21-54(62)55-22-4-10-27-63(55)71/h1-44H. The molecule has 0 saturated heterocycles. The van der Waals surface area contributed by atoms with Crippen LogP contribution >= 0.6 is 0 Å². The van der Waals surface area contributed by atoms with Crippen molar-refractivity contribution in [3.63, 3.8) is 0 Å². The minimum absolute atomic E-state index is 0.483. The molecule has 12 aromatic carbocycles. The summed E-state index contributed by atoms with van der Waals surface area (Å²) in [5.74, 6) is 0. The Kier molecular flexibility index (Phi) is 8.66. The van der Waals surface area contributed by atoms with E-state index in [1.807, 2.05) is 0 Å². The Labute approximate surface area is 428 Å². The van der Waals surface area contributed by atoms with Gasteiger partial charge in [0.25, 0.3) is 0 Å². The topological polar surface area (TPSA) is 21.3 Å². The molecule has 3 nitrogen and oxygen atoms in total. The Morgan fingerprint density at radius 3 is 1.59 bits per heavy atom. The number of hydrogen-bond donors (Lipinski definition) is 0. The summed E-state index contributed by atoms with van der Waals surface area (Å²) in [7, 11) is 0. The second-order valence-corrected chi connectivity index (χ2v) is 19.9. The molecule has 1 spiro atoms. The van der Waals surface area contributed by atoms with Crippen LogP contribution in [-0.4, -0.2) is 4.57 Å². The van der Waals surface area contributed by atoms with Gasteiger partial charge in [-0.2, -0.15) is 0 Å². The van der Waals surface area contributed by atoms with Crippen molar-refractivity contribution in [1.82, 2.24) is 4.57 Å². The molecule has 2 aromatic heterocycles. The molecule has 74 heavy (non-hydrogen) atoms. The average Bonchev–Trinajstić information content (AvgIpc) is 4.25. The summed E-state index contributed by atoms with van der Waals surface area (Å²) in [6.07, 6.45) is 0. The first-order valence-corrected chi connectivity index (χ1v) is 25.6. The number of benzene rings is 12. The molecule has 0 amide bonds. The summed E-state index contributed by atoms with van der Waals surface area (Å²) in [5.41, 5.74) is 23.1. The van der Waals surface area contributed by atoms with Crippen molar-refractivity contribution in [2.24, 2.45) is 0 Å². The van der Waals surface area contributed by atoms with Gasteiger partial charge in [-0.1, -0.05) is 194 Å². The van der Waals surface area contributed by atoms with E-state index in [1.54, 1.807) is 0 Å². The van der Waals surface area contributed by atoms with Gasteiger partial charge in [0.15, 0.2) is 0 Å². The van der Waals surface area contributed by atoms with E-state index in [9.17, 15) is 0 Å². The Bertz CT molecular complexity index is 4510. The maximum atomic E-state index is 6.64. The molecule has 344 valence electrons. The van der Waals surface area contributed by atoms with Crippen LogP contribution in [0.15, 0.2) is 271 Å². The number of anilines is 3. The molecular formula is C71H44N2O. The number of nitrogens with zero attached hydrogens (tertiary/aromatic N) is 2. The molecule has 0 aliphatic heterocycles. The van der Waals surface area contributed by atoms with Crippen molar-refractivity contribution >= 4 is 71.6 Å². The molecule has 0 N–H and O–H groups in total. The zero-order valence-electron chi connectivity index (χ0n) is 40.2. The minimum Gasteiger partial charge on any atom is -0.455 e. The van der Waals surface area contributed by atoms with Crippen LogP contribution in [0.5, 0.6) is 0 Å². The second kappa shape index (κ2) is 15.6. The lowest BCUT2D eigenvalue weighted by Crippen LogP contribution is -2.26. The lowest BCUT2D eigenvalue weighted by Gasteiger charge is -2.32. The quantitative estimate of drug-likeness (QED) is 0.166. The van der Waals surface area contributed by atoms with Gasteiger partial charge in [-0.25, -0.2) is 0 Å². The normalized spacial score (nSPS) is 13.0. The summed E-state index contributed by atoms with van der Waals surface area (Å²) in [5, 5.41) is 7.03. The lowest BCUT2D eigenvalue weighted by atomic mass is 9.70. The maximum Gasteiger partial charge on any atom is 0.143 e. The number of hydrogen-bond acceptors (Lipinski definition) is 2. The largest absolute Gasteiger partial charge is 0.455 e. The zero-order chi connectivity index (χ0) is 48.5. The predicted octanol–water partition coefficient (Wildman–Crippen LogP) is 19.0. The van der Waals surface area contributed by atoms with Crippen molar-refractivity contribution in [2.45, 2.75) is 5.41 Å². The third-order valence-corrected chi connectivity index (χ3v) is 16.2. The molecule has 2 aliphatic carbocycles. The van der Waals surface area contributed by atoms with Gasteiger partial charge in [-0.3, -0.25) is 0 Å². The van der Waals surface area contributed by atoms with Gasteiger partial charge >= 0.3 is 0 Å². The summed E-state index contributed by atoms with van der Waals surface area (Å²) in [4.78, 5) is 2.47.